The average molecular weight is 263 g/mol. The van der Waals surface area contributed by atoms with Gasteiger partial charge in [-0.15, -0.1) is 0 Å². The van der Waals surface area contributed by atoms with Gasteiger partial charge in [0.2, 0.25) is 0 Å². The number of benzene rings is 1. The summed E-state index contributed by atoms with van der Waals surface area (Å²) in [7, 11) is 0. The molecule has 5 heteroatoms. The summed E-state index contributed by atoms with van der Waals surface area (Å²) in [4.78, 5) is 13.1. The number of piperidine rings is 1. The van der Waals surface area contributed by atoms with Crippen LogP contribution in [0.25, 0.3) is 0 Å². The quantitative estimate of drug-likeness (QED) is 0.671. The van der Waals surface area contributed by atoms with E-state index >= 15 is 0 Å². The number of hydrogen-bond donors (Lipinski definition) is 1. The number of anilines is 1. The van der Waals surface area contributed by atoms with Gasteiger partial charge in [0.05, 0.1) is 4.92 Å². The molecule has 104 valence electrons. The molecule has 0 radical (unpaired) electrons. The molecule has 1 saturated heterocycles. The van der Waals surface area contributed by atoms with Crippen molar-refractivity contribution in [2.75, 3.05) is 18.0 Å². The Morgan fingerprint density at radius 1 is 1.53 bits per heavy atom. The van der Waals surface area contributed by atoms with Crippen molar-refractivity contribution < 1.29 is 4.92 Å². The lowest BCUT2D eigenvalue weighted by Gasteiger charge is -2.39. The lowest BCUT2D eigenvalue weighted by Crippen LogP contribution is -2.46. The summed E-state index contributed by atoms with van der Waals surface area (Å²) in [5, 5.41) is 11.3. The molecule has 0 saturated carbocycles. The van der Waals surface area contributed by atoms with Crippen molar-refractivity contribution in [3.05, 3.63) is 33.9 Å². The van der Waals surface area contributed by atoms with Gasteiger partial charge in [-0.3, -0.25) is 10.1 Å². The third kappa shape index (κ3) is 2.71. The summed E-state index contributed by atoms with van der Waals surface area (Å²) in [6.07, 6.45) is 2.06. The maximum atomic E-state index is 11.3. The molecule has 2 rings (SSSR count). The standard InChI is InChI=1S/C14H21N3O2/c1-10-6-7-16(12(8-10)9-15)13-5-3-4-11(2)14(13)17(18)19/h3-5,10,12H,6-9,15H2,1-2H3. The Kier molecular flexibility index (Phi) is 4.04. The SMILES string of the molecule is Cc1cccc(N2CCC(C)CC2CN)c1[N+](=O)[O-]. The molecule has 2 N–H and O–H groups in total. The smallest absolute Gasteiger partial charge is 0.295 e. The molecule has 1 heterocycles. The number of nitro groups is 1. The minimum atomic E-state index is -0.281. The molecule has 2 atom stereocenters. The first-order chi connectivity index (χ1) is 9.04. The van der Waals surface area contributed by atoms with Crippen LogP contribution in [0.4, 0.5) is 11.4 Å². The van der Waals surface area contributed by atoms with Crippen LogP contribution in [0.2, 0.25) is 0 Å². The van der Waals surface area contributed by atoms with E-state index < -0.39 is 0 Å². The first-order valence-corrected chi connectivity index (χ1v) is 6.75. The zero-order valence-corrected chi connectivity index (χ0v) is 11.5. The summed E-state index contributed by atoms with van der Waals surface area (Å²) < 4.78 is 0. The van der Waals surface area contributed by atoms with Crippen LogP contribution in [0.3, 0.4) is 0 Å². The van der Waals surface area contributed by atoms with E-state index in [1.54, 1.807) is 13.0 Å². The lowest BCUT2D eigenvalue weighted by molar-refractivity contribution is -0.384. The molecule has 2 unspecified atom stereocenters. The molecule has 0 spiro atoms. The minimum absolute atomic E-state index is 0.198. The number of nitrogens with two attached hydrogens (primary N) is 1. The Morgan fingerprint density at radius 2 is 2.26 bits per heavy atom. The average Bonchev–Trinajstić information content (AvgIpc) is 2.37. The van der Waals surface area contributed by atoms with Gasteiger partial charge in [-0.1, -0.05) is 19.1 Å². The lowest BCUT2D eigenvalue weighted by atomic mass is 9.91. The second-order valence-corrected chi connectivity index (χ2v) is 5.41. The Bertz CT molecular complexity index is 476. The van der Waals surface area contributed by atoms with Crippen molar-refractivity contribution in [3.8, 4) is 0 Å². The number of rotatable bonds is 3. The fourth-order valence-corrected chi connectivity index (χ4v) is 2.90. The van der Waals surface area contributed by atoms with E-state index in [4.69, 9.17) is 5.73 Å². The highest BCUT2D eigenvalue weighted by molar-refractivity contribution is 5.67. The summed E-state index contributed by atoms with van der Waals surface area (Å²) in [6.45, 7) is 5.37. The molecule has 0 bridgehead atoms. The van der Waals surface area contributed by atoms with Crippen LogP contribution in [-0.4, -0.2) is 24.1 Å². The van der Waals surface area contributed by atoms with Gasteiger partial charge < -0.3 is 10.6 Å². The molecular formula is C14H21N3O2. The highest BCUT2D eigenvalue weighted by Crippen LogP contribution is 2.35. The van der Waals surface area contributed by atoms with Crippen molar-refractivity contribution in [3.63, 3.8) is 0 Å². The van der Waals surface area contributed by atoms with Gasteiger partial charge in [0.15, 0.2) is 0 Å². The predicted octanol–water partition coefficient (Wildman–Crippen LogP) is 2.47. The molecule has 0 aromatic heterocycles. The van der Waals surface area contributed by atoms with Crippen LogP contribution < -0.4 is 10.6 Å². The van der Waals surface area contributed by atoms with Crippen LogP contribution >= 0.6 is 0 Å². The second-order valence-electron chi connectivity index (χ2n) is 5.41. The molecule has 1 fully saturated rings. The number of aryl methyl sites for hydroxylation is 1. The van der Waals surface area contributed by atoms with Crippen molar-refractivity contribution in [2.24, 2.45) is 11.7 Å². The van der Waals surface area contributed by atoms with E-state index in [2.05, 4.69) is 11.8 Å². The van der Waals surface area contributed by atoms with E-state index in [0.717, 1.165) is 19.4 Å². The molecule has 0 aliphatic carbocycles. The molecule has 1 aliphatic rings. The summed E-state index contributed by atoms with van der Waals surface area (Å²) >= 11 is 0. The molecule has 0 amide bonds. The van der Waals surface area contributed by atoms with Gasteiger partial charge >= 0.3 is 0 Å². The molecule has 19 heavy (non-hydrogen) atoms. The summed E-state index contributed by atoms with van der Waals surface area (Å²) in [5.74, 6) is 0.633. The van der Waals surface area contributed by atoms with Gasteiger partial charge in [0.25, 0.3) is 5.69 Å². The molecular weight excluding hydrogens is 242 g/mol. The normalized spacial score (nSPS) is 23.4. The third-order valence-corrected chi connectivity index (χ3v) is 3.96. The van der Waals surface area contributed by atoms with E-state index in [0.29, 0.717) is 23.7 Å². The number of hydrogen-bond acceptors (Lipinski definition) is 4. The largest absolute Gasteiger partial charge is 0.362 e. The van der Waals surface area contributed by atoms with Gasteiger partial charge in [-0.05, 0) is 31.7 Å². The van der Waals surface area contributed by atoms with Crippen LogP contribution in [0.5, 0.6) is 0 Å². The molecule has 1 aliphatic heterocycles. The van der Waals surface area contributed by atoms with Gasteiger partial charge in [-0.25, -0.2) is 0 Å². The number of nitrogens with zero attached hydrogens (tertiary/aromatic N) is 2. The van der Waals surface area contributed by atoms with Crippen molar-refractivity contribution >= 4 is 11.4 Å². The topological polar surface area (TPSA) is 72.4 Å². The van der Waals surface area contributed by atoms with Crippen LogP contribution in [0, 0.1) is 23.0 Å². The molecule has 5 nitrogen and oxygen atoms in total. The zero-order chi connectivity index (χ0) is 14.0. The Hall–Kier alpha value is -1.62. The second kappa shape index (κ2) is 5.57. The Morgan fingerprint density at radius 3 is 2.89 bits per heavy atom. The van der Waals surface area contributed by atoms with Crippen LogP contribution in [-0.2, 0) is 0 Å². The van der Waals surface area contributed by atoms with E-state index in [-0.39, 0.29) is 16.7 Å². The van der Waals surface area contributed by atoms with Crippen molar-refractivity contribution in [2.45, 2.75) is 32.7 Å². The number of nitro benzene ring substituents is 1. The van der Waals surface area contributed by atoms with Gasteiger partial charge in [0, 0.05) is 24.7 Å². The first-order valence-electron chi connectivity index (χ1n) is 6.75. The molecule has 1 aromatic carbocycles. The minimum Gasteiger partial charge on any atom is -0.362 e. The van der Waals surface area contributed by atoms with Crippen molar-refractivity contribution in [1.82, 2.24) is 0 Å². The maximum absolute atomic E-state index is 11.3. The van der Waals surface area contributed by atoms with Gasteiger partial charge in [0.1, 0.15) is 5.69 Å². The number of para-hydroxylation sites is 1. The third-order valence-electron chi connectivity index (χ3n) is 3.96. The predicted molar refractivity (Wildman–Crippen MR) is 76.4 cm³/mol. The zero-order valence-electron chi connectivity index (χ0n) is 11.5. The maximum Gasteiger partial charge on any atom is 0.295 e. The fraction of sp³-hybridized carbons (Fsp3) is 0.571. The molecule has 1 aromatic rings. The van der Waals surface area contributed by atoms with Gasteiger partial charge in [-0.2, -0.15) is 0 Å². The fourth-order valence-electron chi connectivity index (χ4n) is 2.90. The van der Waals surface area contributed by atoms with E-state index in [1.807, 2.05) is 12.1 Å². The Labute approximate surface area is 113 Å². The highest BCUT2D eigenvalue weighted by atomic mass is 16.6. The van der Waals surface area contributed by atoms with Crippen molar-refractivity contribution in [1.29, 1.82) is 0 Å². The summed E-state index contributed by atoms with van der Waals surface area (Å²) in [6, 6.07) is 5.70. The first kappa shape index (κ1) is 13.8. The monoisotopic (exact) mass is 263 g/mol. The van der Waals surface area contributed by atoms with Crippen LogP contribution in [0.15, 0.2) is 18.2 Å². The highest BCUT2D eigenvalue weighted by Gasteiger charge is 2.30. The van der Waals surface area contributed by atoms with E-state index in [9.17, 15) is 10.1 Å². The Balaban J connectivity index is 2.40. The van der Waals surface area contributed by atoms with Crippen LogP contribution in [0.1, 0.15) is 25.3 Å². The summed E-state index contributed by atoms with van der Waals surface area (Å²) in [5.41, 5.74) is 7.48. The van der Waals surface area contributed by atoms with E-state index in [1.165, 1.54) is 0 Å².